The lowest BCUT2D eigenvalue weighted by Gasteiger charge is -2.38. The molecule has 0 saturated carbocycles. The minimum absolute atomic E-state index is 0.0574. The van der Waals surface area contributed by atoms with Crippen LogP contribution in [0.25, 0.3) is 0 Å². The van der Waals surface area contributed by atoms with Crippen LogP contribution in [0.15, 0.2) is 59.8 Å². The molecule has 2 aromatic carbocycles. The molecular formula is C24H23NO5. The van der Waals surface area contributed by atoms with Gasteiger partial charge in [0.1, 0.15) is 5.75 Å². The number of benzene rings is 2. The highest BCUT2D eigenvalue weighted by atomic mass is 16.5. The van der Waals surface area contributed by atoms with Crippen molar-refractivity contribution in [3.05, 3.63) is 70.9 Å². The van der Waals surface area contributed by atoms with Gasteiger partial charge in [0.15, 0.2) is 5.78 Å². The van der Waals surface area contributed by atoms with Gasteiger partial charge in [0, 0.05) is 35.7 Å². The summed E-state index contributed by atoms with van der Waals surface area (Å²) in [6.07, 6.45) is 1.91. The summed E-state index contributed by atoms with van der Waals surface area (Å²) in [5.41, 5.74) is 2.88. The molecule has 0 spiro atoms. The van der Waals surface area contributed by atoms with Gasteiger partial charge in [-0.05, 0) is 55.7 Å². The van der Waals surface area contributed by atoms with Gasteiger partial charge < -0.3 is 9.84 Å². The van der Waals surface area contributed by atoms with Crippen molar-refractivity contribution in [1.82, 2.24) is 0 Å². The second-order valence-electron chi connectivity index (χ2n) is 7.48. The summed E-state index contributed by atoms with van der Waals surface area (Å²) in [5, 5.41) is 9.32. The number of nitrogens with zero attached hydrogens (tertiary/aromatic N) is 1. The highest BCUT2D eigenvalue weighted by Gasteiger charge is 2.39. The summed E-state index contributed by atoms with van der Waals surface area (Å²) >= 11 is 0. The van der Waals surface area contributed by atoms with E-state index in [2.05, 4.69) is 0 Å². The minimum Gasteiger partial charge on any atom is -0.494 e. The third-order valence-corrected chi connectivity index (χ3v) is 5.62. The Labute approximate surface area is 174 Å². The fraction of sp³-hybridized carbons (Fsp3) is 0.292. The molecule has 0 radical (unpaired) electrons. The Bertz CT molecular complexity index is 1040. The highest BCUT2D eigenvalue weighted by Crippen LogP contribution is 2.43. The fourth-order valence-electron chi connectivity index (χ4n) is 4.32. The van der Waals surface area contributed by atoms with E-state index in [1.54, 1.807) is 17.0 Å². The number of Topliss-reactive ketones (excluding diaryl/α,β-unsaturated/α-hetero) is 1. The van der Waals surface area contributed by atoms with Crippen LogP contribution in [0.4, 0.5) is 5.69 Å². The van der Waals surface area contributed by atoms with Gasteiger partial charge in [0.25, 0.3) is 0 Å². The highest BCUT2D eigenvalue weighted by molar-refractivity contribution is 6.07. The number of carbonyl (C=O) groups is 3. The molecular weight excluding hydrogens is 382 g/mol. The molecule has 4 rings (SSSR count). The zero-order valence-electron chi connectivity index (χ0n) is 16.8. The molecule has 1 aliphatic heterocycles. The van der Waals surface area contributed by atoms with Crippen LogP contribution < -0.4 is 9.64 Å². The van der Waals surface area contributed by atoms with E-state index >= 15 is 0 Å². The second-order valence-corrected chi connectivity index (χ2v) is 7.48. The van der Waals surface area contributed by atoms with E-state index < -0.39 is 5.97 Å². The quantitative estimate of drug-likeness (QED) is 0.801. The van der Waals surface area contributed by atoms with Crippen molar-refractivity contribution in [2.45, 2.75) is 38.5 Å². The predicted molar refractivity (Wildman–Crippen MR) is 112 cm³/mol. The number of aromatic carboxylic acids is 1. The van der Waals surface area contributed by atoms with Gasteiger partial charge in [0.2, 0.25) is 5.91 Å². The normalized spacial score (nSPS) is 19.0. The van der Waals surface area contributed by atoms with E-state index in [0.29, 0.717) is 42.8 Å². The predicted octanol–water partition coefficient (Wildman–Crippen LogP) is 4.31. The van der Waals surface area contributed by atoms with Crippen LogP contribution >= 0.6 is 0 Å². The summed E-state index contributed by atoms with van der Waals surface area (Å²) in [6, 6.07) is 13.9. The lowest BCUT2D eigenvalue weighted by Crippen LogP contribution is -2.40. The maximum absolute atomic E-state index is 13.2. The Morgan fingerprint density at radius 2 is 1.90 bits per heavy atom. The molecule has 1 unspecified atom stereocenters. The molecule has 0 saturated heterocycles. The molecule has 6 heteroatoms. The van der Waals surface area contributed by atoms with Gasteiger partial charge in [-0.1, -0.05) is 18.2 Å². The molecule has 1 N–H and O–H groups in total. The average molecular weight is 405 g/mol. The van der Waals surface area contributed by atoms with Crippen LogP contribution in [0.1, 0.15) is 54.4 Å². The number of carbonyl (C=O) groups excluding carboxylic acids is 2. The topological polar surface area (TPSA) is 83.9 Å². The summed E-state index contributed by atoms with van der Waals surface area (Å²) in [5.74, 6) is -0.677. The third kappa shape index (κ3) is 3.61. The number of ether oxygens (including phenoxy) is 1. The summed E-state index contributed by atoms with van der Waals surface area (Å²) in [6.45, 7) is 2.48. The monoisotopic (exact) mass is 405 g/mol. The van der Waals surface area contributed by atoms with Crippen molar-refractivity contribution in [1.29, 1.82) is 0 Å². The van der Waals surface area contributed by atoms with Crippen molar-refractivity contribution in [3.63, 3.8) is 0 Å². The average Bonchev–Trinajstić information content (AvgIpc) is 2.74. The molecule has 1 heterocycles. The smallest absolute Gasteiger partial charge is 0.335 e. The molecule has 2 aromatic rings. The van der Waals surface area contributed by atoms with Crippen LogP contribution in [-0.4, -0.2) is 29.4 Å². The van der Waals surface area contributed by atoms with E-state index in [-0.39, 0.29) is 29.6 Å². The van der Waals surface area contributed by atoms with Crippen molar-refractivity contribution >= 4 is 23.3 Å². The first-order valence-corrected chi connectivity index (χ1v) is 10.1. The molecule has 1 amide bonds. The summed E-state index contributed by atoms with van der Waals surface area (Å²) < 4.78 is 5.50. The van der Waals surface area contributed by atoms with Gasteiger partial charge >= 0.3 is 5.97 Å². The molecule has 2 aliphatic rings. The van der Waals surface area contributed by atoms with Crippen molar-refractivity contribution in [2.75, 3.05) is 11.5 Å². The third-order valence-electron chi connectivity index (χ3n) is 5.62. The Hall–Kier alpha value is -3.41. The molecule has 30 heavy (non-hydrogen) atoms. The first-order chi connectivity index (χ1) is 14.5. The SMILES string of the molecule is CCOc1ccc(C2CC(=O)N(c3cccc(C(=O)O)c3)C3=C2C(=O)CCC3)cc1. The molecule has 154 valence electrons. The van der Waals surface area contributed by atoms with Crippen LogP contribution in [0.5, 0.6) is 5.75 Å². The molecule has 0 aromatic heterocycles. The Kier molecular flexibility index (Phi) is 5.40. The fourth-order valence-corrected chi connectivity index (χ4v) is 4.32. The molecule has 6 nitrogen and oxygen atoms in total. The Morgan fingerprint density at radius 3 is 2.60 bits per heavy atom. The van der Waals surface area contributed by atoms with Crippen molar-refractivity contribution < 1.29 is 24.2 Å². The maximum Gasteiger partial charge on any atom is 0.335 e. The van der Waals surface area contributed by atoms with Gasteiger partial charge in [-0.25, -0.2) is 4.79 Å². The van der Waals surface area contributed by atoms with Gasteiger partial charge in [-0.15, -0.1) is 0 Å². The van der Waals surface area contributed by atoms with Crippen molar-refractivity contribution in [2.24, 2.45) is 0 Å². The van der Waals surface area contributed by atoms with E-state index in [0.717, 1.165) is 11.3 Å². The van der Waals surface area contributed by atoms with E-state index in [1.807, 2.05) is 31.2 Å². The number of allylic oxidation sites excluding steroid dienone is 2. The molecule has 1 aliphatic carbocycles. The maximum atomic E-state index is 13.2. The largest absolute Gasteiger partial charge is 0.494 e. The van der Waals surface area contributed by atoms with Crippen LogP contribution in [0.2, 0.25) is 0 Å². The zero-order chi connectivity index (χ0) is 21.3. The van der Waals surface area contributed by atoms with E-state index in [4.69, 9.17) is 4.74 Å². The second kappa shape index (κ2) is 8.14. The summed E-state index contributed by atoms with van der Waals surface area (Å²) in [4.78, 5) is 39.1. The zero-order valence-corrected chi connectivity index (χ0v) is 16.8. The molecule has 0 bridgehead atoms. The Morgan fingerprint density at radius 1 is 1.13 bits per heavy atom. The van der Waals surface area contributed by atoms with Gasteiger partial charge in [-0.2, -0.15) is 0 Å². The van der Waals surface area contributed by atoms with E-state index in [1.165, 1.54) is 12.1 Å². The van der Waals surface area contributed by atoms with Gasteiger partial charge in [-0.3, -0.25) is 14.5 Å². The number of anilines is 1. The number of carboxylic acids is 1. The molecule has 0 fully saturated rings. The molecule has 1 atom stereocenters. The number of rotatable bonds is 5. The summed E-state index contributed by atoms with van der Waals surface area (Å²) in [7, 11) is 0. The first kappa shape index (κ1) is 19.9. The van der Waals surface area contributed by atoms with Crippen LogP contribution in [-0.2, 0) is 9.59 Å². The van der Waals surface area contributed by atoms with Crippen molar-refractivity contribution in [3.8, 4) is 5.75 Å². The van der Waals surface area contributed by atoms with Crippen LogP contribution in [0.3, 0.4) is 0 Å². The number of amides is 1. The van der Waals surface area contributed by atoms with Gasteiger partial charge in [0.05, 0.1) is 12.2 Å². The number of hydrogen-bond acceptors (Lipinski definition) is 4. The lowest BCUT2D eigenvalue weighted by atomic mass is 9.77. The minimum atomic E-state index is -1.05. The number of hydrogen-bond donors (Lipinski definition) is 1. The number of carboxylic acid groups (broad SMARTS) is 1. The van der Waals surface area contributed by atoms with Crippen LogP contribution in [0, 0.1) is 0 Å². The van der Waals surface area contributed by atoms with E-state index in [9.17, 15) is 19.5 Å². The Balaban J connectivity index is 1.79. The number of ketones is 1. The first-order valence-electron chi connectivity index (χ1n) is 10.1. The standard InChI is InChI=1S/C24H23NO5/c1-2-30-18-11-9-15(10-12-18)19-14-22(27)25(20-7-4-8-21(26)23(19)20)17-6-3-5-16(13-17)24(28)29/h3,5-6,9-13,19H,2,4,7-8,14H2,1H3,(H,28,29). The lowest BCUT2D eigenvalue weighted by molar-refractivity contribution is -0.119.